The maximum absolute atomic E-state index is 11.0. The highest BCUT2D eigenvalue weighted by Crippen LogP contribution is 2.21. The molecule has 4 heteroatoms. The molecule has 0 spiro atoms. The lowest BCUT2D eigenvalue weighted by molar-refractivity contribution is 0.503. The Morgan fingerprint density at radius 1 is 1.20 bits per heavy atom. The summed E-state index contributed by atoms with van der Waals surface area (Å²) >= 11 is 0. The third-order valence-electron chi connectivity index (χ3n) is 2.33. The Kier molecular flexibility index (Phi) is 3.52. The van der Waals surface area contributed by atoms with Crippen molar-refractivity contribution < 1.29 is 8.42 Å². The van der Waals surface area contributed by atoms with Crippen LogP contribution in [0.25, 0.3) is 0 Å². The van der Waals surface area contributed by atoms with Crippen molar-refractivity contribution in [3.05, 3.63) is 35.9 Å². The zero-order valence-electron chi connectivity index (χ0n) is 9.32. The summed E-state index contributed by atoms with van der Waals surface area (Å²) in [7, 11) is -3.12. The van der Waals surface area contributed by atoms with Crippen molar-refractivity contribution in [3.8, 4) is 0 Å². The Morgan fingerprint density at radius 2 is 1.73 bits per heavy atom. The van der Waals surface area contributed by atoms with Gasteiger partial charge in [0.2, 0.25) is 10.0 Å². The minimum Gasteiger partial charge on any atom is -0.215 e. The van der Waals surface area contributed by atoms with Crippen LogP contribution in [0.2, 0.25) is 0 Å². The highest BCUT2D eigenvalue weighted by Gasteiger charge is 2.21. The van der Waals surface area contributed by atoms with Crippen LogP contribution in [0.4, 0.5) is 0 Å². The maximum atomic E-state index is 11.0. The fraction of sp³-hybridized carbons (Fsp3) is 0.455. The molecule has 3 nitrogen and oxygen atoms in total. The largest absolute Gasteiger partial charge is 0.215 e. The van der Waals surface area contributed by atoms with Crippen LogP contribution < -0.4 is 4.72 Å². The van der Waals surface area contributed by atoms with E-state index in [0.717, 1.165) is 5.56 Å². The van der Waals surface area contributed by atoms with Crippen LogP contribution in [-0.4, -0.2) is 21.2 Å². The van der Waals surface area contributed by atoms with Crippen molar-refractivity contribution in [1.29, 1.82) is 0 Å². The predicted octanol–water partition coefficient (Wildman–Crippen LogP) is 1.51. The molecule has 0 saturated carbocycles. The van der Waals surface area contributed by atoms with E-state index in [2.05, 4.69) is 4.72 Å². The molecule has 0 unspecified atom stereocenters. The van der Waals surface area contributed by atoms with Gasteiger partial charge in [-0.15, -0.1) is 0 Å². The molecular formula is C11H17NO2S. The van der Waals surface area contributed by atoms with Crippen molar-refractivity contribution >= 4 is 10.0 Å². The van der Waals surface area contributed by atoms with Crippen LogP contribution in [0.15, 0.2) is 30.3 Å². The first kappa shape index (κ1) is 12.2. The molecule has 1 N–H and O–H groups in total. The molecule has 1 rings (SSSR count). The summed E-state index contributed by atoms with van der Waals surface area (Å²) in [5, 5.41) is 0. The fourth-order valence-electron chi connectivity index (χ4n) is 1.30. The summed E-state index contributed by atoms with van der Waals surface area (Å²) in [6.07, 6.45) is 1.17. The van der Waals surface area contributed by atoms with Crippen molar-refractivity contribution in [2.24, 2.45) is 0 Å². The average Bonchev–Trinajstić information content (AvgIpc) is 2.16. The summed E-state index contributed by atoms with van der Waals surface area (Å²) in [5.74, 6) is 0. The number of rotatable bonds is 4. The smallest absolute Gasteiger partial charge is 0.208 e. The standard InChI is InChI=1S/C11H17NO2S/c1-11(2,9-12-15(3,13)14)10-7-5-4-6-8-10/h4-8,12H,9H2,1-3H3. The first-order chi connectivity index (χ1) is 6.81. The molecular weight excluding hydrogens is 210 g/mol. The van der Waals surface area contributed by atoms with Gasteiger partial charge in [0, 0.05) is 12.0 Å². The van der Waals surface area contributed by atoms with Gasteiger partial charge in [-0.25, -0.2) is 13.1 Å². The summed E-state index contributed by atoms with van der Waals surface area (Å²) in [5.41, 5.74) is 0.936. The van der Waals surface area contributed by atoms with Gasteiger partial charge < -0.3 is 0 Å². The Hall–Kier alpha value is -0.870. The topological polar surface area (TPSA) is 46.2 Å². The van der Waals surface area contributed by atoms with E-state index in [4.69, 9.17) is 0 Å². The fourth-order valence-corrected chi connectivity index (χ4v) is 1.93. The first-order valence-corrected chi connectivity index (χ1v) is 6.70. The SMILES string of the molecule is CC(C)(CNS(C)(=O)=O)c1ccccc1. The van der Waals surface area contributed by atoms with Gasteiger partial charge in [0.15, 0.2) is 0 Å². The van der Waals surface area contributed by atoms with Gasteiger partial charge >= 0.3 is 0 Å². The van der Waals surface area contributed by atoms with E-state index in [9.17, 15) is 8.42 Å². The minimum atomic E-state index is -3.12. The van der Waals surface area contributed by atoms with Crippen LogP contribution in [0.1, 0.15) is 19.4 Å². The molecule has 0 radical (unpaired) electrons. The van der Waals surface area contributed by atoms with Crippen molar-refractivity contribution in [2.75, 3.05) is 12.8 Å². The van der Waals surface area contributed by atoms with E-state index in [1.807, 2.05) is 44.2 Å². The number of hydrogen-bond acceptors (Lipinski definition) is 2. The van der Waals surface area contributed by atoms with Crippen LogP contribution in [-0.2, 0) is 15.4 Å². The number of nitrogens with one attached hydrogen (secondary N) is 1. The predicted molar refractivity (Wildman–Crippen MR) is 62.3 cm³/mol. The second-order valence-corrected chi connectivity index (χ2v) is 6.18. The van der Waals surface area contributed by atoms with Crippen LogP contribution >= 0.6 is 0 Å². The van der Waals surface area contributed by atoms with E-state index in [0.29, 0.717) is 6.54 Å². The molecule has 1 aromatic carbocycles. The minimum absolute atomic E-state index is 0.190. The summed E-state index contributed by atoms with van der Waals surface area (Å²) in [6.45, 7) is 4.44. The molecule has 0 heterocycles. The lowest BCUT2D eigenvalue weighted by Gasteiger charge is -2.25. The molecule has 0 bridgehead atoms. The third-order valence-corrected chi connectivity index (χ3v) is 3.00. The lowest BCUT2D eigenvalue weighted by Crippen LogP contribution is -2.36. The van der Waals surface area contributed by atoms with Gasteiger partial charge in [-0.05, 0) is 5.56 Å². The molecule has 0 aliphatic rings. The van der Waals surface area contributed by atoms with Gasteiger partial charge in [0.25, 0.3) is 0 Å². The van der Waals surface area contributed by atoms with Crippen LogP contribution in [0.3, 0.4) is 0 Å². The second-order valence-electron chi connectivity index (χ2n) is 4.34. The van der Waals surface area contributed by atoms with Crippen LogP contribution in [0.5, 0.6) is 0 Å². The van der Waals surface area contributed by atoms with E-state index in [1.54, 1.807) is 0 Å². The molecule has 0 aliphatic heterocycles. The van der Waals surface area contributed by atoms with Crippen molar-refractivity contribution in [3.63, 3.8) is 0 Å². The molecule has 0 saturated heterocycles. The number of sulfonamides is 1. The number of hydrogen-bond donors (Lipinski definition) is 1. The van der Waals surface area contributed by atoms with E-state index in [1.165, 1.54) is 6.26 Å². The molecule has 0 amide bonds. The summed E-state index contributed by atoms with van der Waals surface area (Å²) in [4.78, 5) is 0. The van der Waals surface area contributed by atoms with Gasteiger partial charge in [0.05, 0.1) is 6.26 Å². The zero-order valence-corrected chi connectivity index (χ0v) is 10.1. The Labute approximate surface area is 91.6 Å². The van der Waals surface area contributed by atoms with E-state index >= 15 is 0 Å². The highest BCUT2D eigenvalue weighted by atomic mass is 32.2. The van der Waals surface area contributed by atoms with Crippen molar-refractivity contribution in [2.45, 2.75) is 19.3 Å². The van der Waals surface area contributed by atoms with E-state index in [-0.39, 0.29) is 5.41 Å². The van der Waals surface area contributed by atoms with Gasteiger partial charge in [-0.1, -0.05) is 44.2 Å². The lowest BCUT2D eigenvalue weighted by atomic mass is 9.85. The zero-order chi connectivity index (χ0) is 11.5. The van der Waals surface area contributed by atoms with Gasteiger partial charge in [0.1, 0.15) is 0 Å². The molecule has 0 aliphatic carbocycles. The van der Waals surface area contributed by atoms with Crippen LogP contribution in [0, 0.1) is 0 Å². The molecule has 0 atom stereocenters. The highest BCUT2D eigenvalue weighted by molar-refractivity contribution is 7.88. The summed E-state index contributed by atoms with van der Waals surface area (Å²) < 4.78 is 24.5. The Balaban J connectivity index is 2.76. The van der Waals surface area contributed by atoms with Gasteiger partial charge in [-0.2, -0.15) is 0 Å². The molecule has 1 aromatic rings. The monoisotopic (exact) mass is 227 g/mol. The Bertz CT molecular complexity index is 409. The molecule has 84 valence electrons. The average molecular weight is 227 g/mol. The Morgan fingerprint density at radius 3 is 2.20 bits per heavy atom. The maximum Gasteiger partial charge on any atom is 0.208 e. The first-order valence-electron chi connectivity index (χ1n) is 4.81. The number of benzene rings is 1. The normalized spacial score (nSPS) is 12.7. The quantitative estimate of drug-likeness (QED) is 0.847. The second kappa shape index (κ2) is 4.33. The third kappa shape index (κ3) is 4.01. The molecule has 15 heavy (non-hydrogen) atoms. The van der Waals surface area contributed by atoms with Gasteiger partial charge in [-0.3, -0.25) is 0 Å². The molecule has 0 aromatic heterocycles. The summed E-state index contributed by atoms with van der Waals surface area (Å²) in [6, 6.07) is 9.87. The van der Waals surface area contributed by atoms with Crippen molar-refractivity contribution in [1.82, 2.24) is 4.72 Å². The van der Waals surface area contributed by atoms with E-state index < -0.39 is 10.0 Å². The molecule has 0 fully saturated rings.